The lowest BCUT2D eigenvalue weighted by Gasteiger charge is -2.01. The van der Waals surface area contributed by atoms with Gasteiger partial charge in [-0.25, -0.2) is 0 Å². The van der Waals surface area contributed by atoms with Crippen LogP contribution in [0.2, 0.25) is 0 Å². The lowest BCUT2D eigenvalue weighted by atomic mass is 10.0. The lowest BCUT2D eigenvalue weighted by molar-refractivity contribution is 0.215. The smallest absolute Gasteiger partial charge is 0.0433 e. The van der Waals surface area contributed by atoms with Crippen LogP contribution in [-0.2, 0) is 4.74 Å². The molecule has 1 nitrogen and oxygen atoms in total. The summed E-state index contributed by atoms with van der Waals surface area (Å²) >= 11 is 0. The summed E-state index contributed by atoms with van der Waals surface area (Å²) in [6, 6.07) is 10.5. The molecule has 0 amide bonds. The van der Waals surface area contributed by atoms with Gasteiger partial charge in [-0.15, -0.1) is 0 Å². The van der Waals surface area contributed by atoms with E-state index in [1.807, 2.05) is 13.0 Å². The van der Waals surface area contributed by atoms with Crippen LogP contribution >= 0.6 is 0 Å². The molecule has 0 heterocycles. The zero-order valence-electron chi connectivity index (χ0n) is 9.08. The molecule has 0 radical (unpaired) electrons. The molecule has 0 fully saturated rings. The molecular formula is C12H20O. The molecule has 1 rings (SSSR count). The Hall–Kier alpha value is -0.820. The Labute approximate surface area is 81.7 Å². The van der Waals surface area contributed by atoms with Crippen LogP contribution in [0.5, 0.6) is 0 Å². The van der Waals surface area contributed by atoms with Crippen LogP contribution in [0.4, 0.5) is 0 Å². The van der Waals surface area contributed by atoms with Crippen LogP contribution in [0.25, 0.3) is 0 Å². The zero-order valence-corrected chi connectivity index (χ0v) is 9.08. The van der Waals surface area contributed by atoms with E-state index < -0.39 is 0 Å². The van der Waals surface area contributed by atoms with Crippen LogP contribution < -0.4 is 0 Å². The summed E-state index contributed by atoms with van der Waals surface area (Å²) < 4.78 is 4.54. The molecule has 1 heteroatoms. The topological polar surface area (TPSA) is 9.23 Å². The minimum absolute atomic E-state index is 0.659. The fourth-order valence-corrected chi connectivity index (χ4v) is 0.838. The van der Waals surface area contributed by atoms with Crippen molar-refractivity contribution in [3.8, 4) is 0 Å². The Morgan fingerprint density at radius 1 is 1.15 bits per heavy atom. The second kappa shape index (κ2) is 7.81. The highest BCUT2D eigenvalue weighted by molar-refractivity contribution is 5.17. The second-order valence-corrected chi connectivity index (χ2v) is 3.14. The first-order valence-corrected chi connectivity index (χ1v) is 4.76. The average Bonchev–Trinajstić information content (AvgIpc) is 2.19. The fraction of sp³-hybridized carbons (Fsp3) is 0.500. The molecule has 13 heavy (non-hydrogen) atoms. The van der Waals surface area contributed by atoms with Gasteiger partial charge in [0.2, 0.25) is 0 Å². The Bertz CT molecular complexity index is 190. The van der Waals surface area contributed by atoms with Crippen molar-refractivity contribution in [1.29, 1.82) is 0 Å². The van der Waals surface area contributed by atoms with Crippen LogP contribution in [0.15, 0.2) is 30.3 Å². The minimum Gasteiger partial charge on any atom is -0.385 e. The Morgan fingerprint density at radius 3 is 1.85 bits per heavy atom. The van der Waals surface area contributed by atoms with Crippen molar-refractivity contribution in [3.05, 3.63) is 35.9 Å². The summed E-state index contributed by atoms with van der Waals surface area (Å²) in [7, 11) is 1.68. The van der Waals surface area contributed by atoms with E-state index in [0.29, 0.717) is 5.92 Å². The summed E-state index contributed by atoms with van der Waals surface area (Å²) in [5, 5.41) is 0. The summed E-state index contributed by atoms with van der Waals surface area (Å²) in [6.07, 6.45) is 0. The summed E-state index contributed by atoms with van der Waals surface area (Å²) in [5.74, 6) is 0.659. The van der Waals surface area contributed by atoms with Gasteiger partial charge < -0.3 is 4.74 Å². The zero-order chi connectivity index (χ0) is 10.1. The maximum atomic E-state index is 4.54. The van der Waals surface area contributed by atoms with Gasteiger partial charge in [-0.1, -0.05) is 44.2 Å². The van der Waals surface area contributed by atoms with Gasteiger partial charge in [0.05, 0.1) is 0 Å². The normalized spacial score (nSPS) is 9.31. The Morgan fingerprint density at radius 2 is 1.62 bits per heavy atom. The van der Waals surface area contributed by atoms with Gasteiger partial charge in [-0.2, -0.15) is 0 Å². The largest absolute Gasteiger partial charge is 0.385 e. The molecule has 74 valence electrons. The Kier molecular flexibility index (Phi) is 7.32. The predicted octanol–water partition coefficient (Wildman–Crippen LogP) is 3.46. The van der Waals surface area contributed by atoms with Crippen molar-refractivity contribution >= 4 is 0 Å². The van der Waals surface area contributed by atoms with E-state index >= 15 is 0 Å². The maximum Gasteiger partial charge on any atom is 0.0433 e. The molecule has 1 aromatic rings. The highest BCUT2D eigenvalue weighted by atomic mass is 16.5. The van der Waals surface area contributed by atoms with Crippen LogP contribution in [0.3, 0.4) is 0 Å². The molecule has 0 unspecified atom stereocenters. The third kappa shape index (κ3) is 6.35. The van der Waals surface area contributed by atoms with E-state index in [4.69, 9.17) is 0 Å². The van der Waals surface area contributed by atoms with Gasteiger partial charge in [0, 0.05) is 13.7 Å². The second-order valence-electron chi connectivity index (χ2n) is 3.14. The first kappa shape index (κ1) is 12.2. The van der Waals surface area contributed by atoms with Gasteiger partial charge in [0.15, 0.2) is 0 Å². The fourth-order valence-electron chi connectivity index (χ4n) is 0.838. The average molecular weight is 180 g/mol. The standard InChI is InChI=1S/C9H12.C3H8O/c1-8(2)9-6-4-3-5-7-9;1-3-4-2/h3-8H,1-2H3;3H2,1-2H3. The van der Waals surface area contributed by atoms with E-state index in [2.05, 4.69) is 42.8 Å². The molecule has 0 aliphatic heterocycles. The van der Waals surface area contributed by atoms with Crippen molar-refractivity contribution in [2.75, 3.05) is 13.7 Å². The van der Waals surface area contributed by atoms with Crippen molar-refractivity contribution in [2.24, 2.45) is 0 Å². The summed E-state index contributed by atoms with van der Waals surface area (Å²) in [5.41, 5.74) is 1.41. The first-order chi connectivity index (χ1) is 6.22. The third-order valence-corrected chi connectivity index (χ3v) is 1.75. The quantitative estimate of drug-likeness (QED) is 0.677. The highest BCUT2D eigenvalue weighted by Crippen LogP contribution is 2.11. The molecule has 1 aromatic carbocycles. The van der Waals surface area contributed by atoms with E-state index in [-0.39, 0.29) is 0 Å². The molecule has 0 saturated carbocycles. The molecule has 0 spiro atoms. The van der Waals surface area contributed by atoms with E-state index in [0.717, 1.165) is 6.61 Å². The van der Waals surface area contributed by atoms with Gasteiger partial charge in [-0.3, -0.25) is 0 Å². The highest BCUT2D eigenvalue weighted by Gasteiger charge is 1.93. The van der Waals surface area contributed by atoms with Crippen molar-refractivity contribution in [1.82, 2.24) is 0 Å². The van der Waals surface area contributed by atoms with E-state index in [1.54, 1.807) is 7.11 Å². The number of ether oxygens (including phenoxy) is 1. The molecule has 0 aliphatic carbocycles. The molecular weight excluding hydrogens is 160 g/mol. The molecule has 0 bridgehead atoms. The number of hydrogen-bond donors (Lipinski definition) is 0. The van der Waals surface area contributed by atoms with Gasteiger partial charge in [-0.05, 0) is 18.4 Å². The van der Waals surface area contributed by atoms with E-state index in [9.17, 15) is 0 Å². The lowest BCUT2D eigenvalue weighted by Crippen LogP contribution is -1.83. The van der Waals surface area contributed by atoms with Crippen LogP contribution in [-0.4, -0.2) is 13.7 Å². The number of hydrogen-bond acceptors (Lipinski definition) is 1. The molecule has 0 N–H and O–H groups in total. The first-order valence-electron chi connectivity index (χ1n) is 4.76. The predicted molar refractivity (Wildman–Crippen MR) is 58.1 cm³/mol. The Balaban J connectivity index is 0.000000310. The van der Waals surface area contributed by atoms with E-state index in [1.165, 1.54) is 5.56 Å². The molecule has 0 aromatic heterocycles. The molecule has 0 atom stereocenters. The van der Waals surface area contributed by atoms with Gasteiger partial charge >= 0.3 is 0 Å². The minimum atomic E-state index is 0.659. The monoisotopic (exact) mass is 180 g/mol. The van der Waals surface area contributed by atoms with Gasteiger partial charge in [0.25, 0.3) is 0 Å². The van der Waals surface area contributed by atoms with Crippen molar-refractivity contribution in [2.45, 2.75) is 26.7 Å². The summed E-state index contributed by atoms with van der Waals surface area (Å²) in [4.78, 5) is 0. The van der Waals surface area contributed by atoms with Gasteiger partial charge in [0.1, 0.15) is 0 Å². The van der Waals surface area contributed by atoms with Crippen LogP contribution in [0.1, 0.15) is 32.3 Å². The molecule has 0 saturated heterocycles. The van der Waals surface area contributed by atoms with Crippen LogP contribution in [0, 0.1) is 0 Å². The van der Waals surface area contributed by atoms with Crippen molar-refractivity contribution in [3.63, 3.8) is 0 Å². The summed E-state index contributed by atoms with van der Waals surface area (Å²) in [6.45, 7) is 7.19. The van der Waals surface area contributed by atoms with Crippen molar-refractivity contribution < 1.29 is 4.74 Å². The SMILES string of the molecule is CC(C)c1ccccc1.CCOC. The number of rotatable bonds is 2. The number of methoxy groups -OCH3 is 1. The maximum absolute atomic E-state index is 4.54. The molecule has 0 aliphatic rings. The number of benzene rings is 1. The third-order valence-electron chi connectivity index (χ3n) is 1.75.